The fourth-order valence-corrected chi connectivity index (χ4v) is 4.02. The van der Waals surface area contributed by atoms with Gasteiger partial charge in [-0.15, -0.1) is 0 Å². The van der Waals surface area contributed by atoms with Crippen LogP contribution >= 0.6 is 0 Å². The maximum atomic E-state index is 12.5. The standard InChI is InChI=1S/C24H34N4O/c1-4-5-6-10-13-23(29)27-14-16-28(17-15-27)24-22(19(2)25-20(3)26-24)18-21-11-8-7-9-12-21/h7-9,11-12H,4-6,10,13-18H2,1-3H3. The molecule has 156 valence electrons. The van der Waals surface area contributed by atoms with Gasteiger partial charge in [0.1, 0.15) is 11.6 Å². The van der Waals surface area contributed by atoms with Gasteiger partial charge in [-0.05, 0) is 25.8 Å². The highest BCUT2D eigenvalue weighted by molar-refractivity contribution is 5.76. The zero-order valence-corrected chi connectivity index (χ0v) is 18.2. The van der Waals surface area contributed by atoms with Crippen LogP contribution in [-0.2, 0) is 11.2 Å². The van der Waals surface area contributed by atoms with E-state index in [1.165, 1.54) is 24.0 Å². The number of aryl methyl sites for hydroxylation is 2. The number of carbonyl (C=O) groups excluding carboxylic acids is 1. The number of anilines is 1. The molecule has 0 atom stereocenters. The molecule has 1 fully saturated rings. The highest BCUT2D eigenvalue weighted by atomic mass is 16.2. The van der Waals surface area contributed by atoms with Crippen molar-refractivity contribution >= 4 is 11.7 Å². The first-order valence-electron chi connectivity index (χ1n) is 11.0. The minimum Gasteiger partial charge on any atom is -0.353 e. The maximum Gasteiger partial charge on any atom is 0.222 e. The molecule has 0 aliphatic carbocycles. The van der Waals surface area contributed by atoms with Crippen LogP contribution in [0.1, 0.15) is 61.7 Å². The van der Waals surface area contributed by atoms with Crippen LogP contribution in [0.5, 0.6) is 0 Å². The van der Waals surface area contributed by atoms with E-state index in [2.05, 4.69) is 48.0 Å². The van der Waals surface area contributed by atoms with E-state index in [-0.39, 0.29) is 0 Å². The molecule has 1 aromatic carbocycles. The highest BCUT2D eigenvalue weighted by Gasteiger charge is 2.24. The van der Waals surface area contributed by atoms with Gasteiger partial charge in [0.2, 0.25) is 5.91 Å². The fraction of sp³-hybridized carbons (Fsp3) is 0.542. The SMILES string of the molecule is CCCCCCC(=O)N1CCN(c2nc(C)nc(C)c2Cc2ccccc2)CC1. The normalized spacial score (nSPS) is 14.3. The van der Waals surface area contributed by atoms with E-state index in [9.17, 15) is 4.79 Å². The molecule has 5 nitrogen and oxygen atoms in total. The highest BCUT2D eigenvalue weighted by Crippen LogP contribution is 2.25. The summed E-state index contributed by atoms with van der Waals surface area (Å²) < 4.78 is 0. The lowest BCUT2D eigenvalue weighted by molar-refractivity contribution is -0.131. The summed E-state index contributed by atoms with van der Waals surface area (Å²) in [5, 5.41) is 0. The first-order valence-corrected chi connectivity index (χ1v) is 11.0. The molecular weight excluding hydrogens is 360 g/mol. The molecule has 0 unspecified atom stereocenters. The number of hydrogen-bond donors (Lipinski definition) is 0. The van der Waals surface area contributed by atoms with Crippen molar-refractivity contribution in [2.75, 3.05) is 31.1 Å². The zero-order valence-electron chi connectivity index (χ0n) is 18.2. The van der Waals surface area contributed by atoms with Crippen molar-refractivity contribution in [3.05, 3.63) is 53.0 Å². The number of hydrogen-bond acceptors (Lipinski definition) is 4. The lowest BCUT2D eigenvalue weighted by Crippen LogP contribution is -2.49. The van der Waals surface area contributed by atoms with Crippen LogP contribution in [0.25, 0.3) is 0 Å². The summed E-state index contributed by atoms with van der Waals surface area (Å²) in [5.41, 5.74) is 3.51. The minimum absolute atomic E-state index is 0.306. The van der Waals surface area contributed by atoms with Crippen molar-refractivity contribution in [3.8, 4) is 0 Å². The zero-order chi connectivity index (χ0) is 20.6. The molecular formula is C24H34N4O. The third-order valence-corrected chi connectivity index (χ3v) is 5.70. The number of unbranched alkanes of at least 4 members (excludes halogenated alkanes) is 3. The van der Waals surface area contributed by atoms with Crippen molar-refractivity contribution in [2.45, 2.75) is 59.3 Å². The topological polar surface area (TPSA) is 49.3 Å². The Bertz CT molecular complexity index is 798. The van der Waals surface area contributed by atoms with Gasteiger partial charge < -0.3 is 9.80 Å². The van der Waals surface area contributed by atoms with Crippen molar-refractivity contribution in [1.29, 1.82) is 0 Å². The van der Waals surface area contributed by atoms with Gasteiger partial charge in [-0.25, -0.2) is 9.97 Å². The molecule has 3 rings (SSSR count). The number of benzene rings is 1. The summed E-state index contributed by atoms with van der Waals surface area (Å²) in [6, 6.07) is 10.5. The molecule has 0 saturated carbocycles. The molecule has 0 bridgehead atoms. The molecule has 5 heteroatoms. The van der Waals surface area contributed by atoms with Crippen LogP contribution in [0.2, 0.25) is 0 Å². The lowest BCUT2D eigenvalue weighted by Gasteiger charge is -2.36. The molecule has 1 aromatic heterocycles. The second kappa shape index (κ2) is 10.4. The summed E-state index contributed by atoms with van der Waals surface area (Å²) in [6.07, 6.45) is 6.11. The van der Waals surface area contributed by atoms with Gasteiger partial charge in [0.15, 0.2) is 0 Å². The van der Waals surface area contributed by atoms with E-state index in [0.29, 0.717) is 12.3 Å². The Morgan fingerprint density at radius 2 is 1.69 bits per heavy atom. The van der Waals surface area contributed by atoms with Crippen LogP contribution in [0, 0.1) is 13.8 Å². The molecule has 2 heterocycles. The number of piperazine rings is 1. The lowest BCUT2D eigenvalue weighted by atomic mass is 10.0. The second-order valence-corrected chi connectivity index (χ2v) is 8.00. The van der Waals surface area contributed by atoms with Crippen LogP contribution in [-0.4, -0.2) is 47.0 Å². The Labute approximate surface area is 175 Å². The number of amides is 1. The van der Waals surface area contributed by atoms with Gasteiger partial charge in [-0.1, -0.05) is 56.5 Å². The first kappa shape index (κ1) is 21.3. The van der Waals surface area contributed by atoms with Gasteiger partial charge in [0.25, 0.3) is 0 Å². The molecule has 1 saturated heterocycles. The van der Waals surface area contributed by atoms with Crippen LogP contribution < -0.4 is 4.90 Å². The molecule has 0 N–H and O–H groups in total. The summed E-state index contributed by atoms with van der Waals surface area (Å²) in [5.74, 6) is 2.15. The monoisotopic (exact) mass is 394 g/mol. The fourth-order valence-electron chi connectivity index (χ4n) is 4.02. The van der Waals surface area contributed by atoms with Gasteiger partial charge in [-0.3, -0.25) is 4.79 Å². The maximum absolute atomic E-state index is 12.5. The summed E-state index contributed by atoms with van der Waals surface area (Å²) >= 11 is 0. The Hall–Kier alpha value is -2.43. The van der Waals surface area contributed by atoms with Gasteiger partial charge in [0, 0.05) is 50.3 Å². The van der Waals surface area contributed by atoms with E-state index in [4.69, 9.17) is 4.98 Å². The summed E-state index contributed by atoms with van der Waals surface area (Å²) in [7, 11) is 0. The van der Waals surface area contributed by atoms with Crippen molar-refractivity contribution < 1.29 is 4.79 Å². The van der Waals surface area contributed by atoms with E-state index >= 15 is 0 Å². The third kappa shape index (κ3) is 5.78. The molecule has 0 spiro atoms. The minimum atomic E-state index is 0.306. The quantitative estimate of drug-likeness (QED) is 0.626. The summed E-state index contributed by atoms with van der Waals surface area (Å²) in [4.78, 5) is 26.3. The summed E-state index contributed by atoms with van der Waals surface area (Å²) in [6.45, 7) is 9.45. The Morgan fingerprint density at radius 1 is 0.966 bits per heavy atom. The van der Waals surface area contributed by atoms with E-state index in [1.54, 1.807) is 0 Å². The van der Waals surface area contributed by atoms with Crippen molar-refractivity contribution in [2.24, 2.45) is 0 Å². The molecule has 1 amide bonds. The number of aromatic nitrogens is 2. The van der Waals surface area contributed by atoms with Crippen LogP contribution in [0.4, 0.5) is 5.82 Å². The molecule has 1 aliphatic heterocycles. The first-order chi connectivity index (χ1) is 14.1. The number of rotatable bonds is 8. The average molecular weight is 395 g/mol. The smallest absolute Gasteiger partial charge is 0.222 e. The number of carbonyl (C=O) groups is 1. The van der Waals surface area contributed by atoms with E-state index < -0.39 is 0 Å². The van der Waals surface area contributed by atoms with Gasteiger partial charge in [-0.2, -0.15) is 0 Å². The van der Waals surface area contributed by atoms with Crippen molar-refractivity contribution in [1.82, 2.24) is 14.9 Å². The van der Waals surface area contributed by atoms with E-state index in [1.807, 2.05) is 17.9 Å². The second-order valence-electron chi connectivity index (χ2n) is 8.00. The largest absolute Gasteiger partial charge is 0.353 e. The molecule has 0 radical (unpaired) electrons. The van der Waals surface area contributed by atoms with Crippen LogP contribution in [0.3, 0.4) is 0 Å². The average Bonchev–Trinajstić information content (AvgIpc) is 2.74. The molecule has 2 aromatic rings. The predicted octanol–water partition coefficient (Wildman–Crippen LogP) is 4.30. The predicted molar refractivity (Wildman–Crippen MR) is 118 cm³/mol. The Morgan fingerprint density at radius 3 is 2.38 bits per heavy atom. The molecule has 29 heavy (non-hydrogen) atoms. The number of nitrogens with zero attached hydrogens (tertiary/aromatic N) is 4. The van der Waals surface area contributed by atoms with Gasteiger partial charge >= 0.3 is 0 Å². The Kier molecular flexibility index (Phi) is 7.62. The van der Waals surface area contributed by atoms with Gasteiger partial charge in [0.05, 0.1) is 0 Å². The third-order valence-electron chi connectivity index (χ3n) is 5.70. The van der Waals surface area contributed by atoms with Crippen LogP contribution in [0.15, 0.2) is 30.3 Å². The van der Waals surface area contributed by atoms with E-state index in [0.717, 1.165) is 62.8 Å². The molecule has 1 aliphatic rings. The Balaban J connectivity index is 1.66. The van der Waals surface area contributed by atoms with Crippen molar-refractivity contribution in [3.63, 3.8) is 0 Å².